The van der Waals surface area contributed by atoms with Crippen LogP contribution in [-0.4, -0.2) is 28.4 Å². The van der Waals surface area contributed by atoms with Crippen LogP contribution in [0.2, 0.25) is 0 Å². The first-order valence-corrected chi connectivity index (χ1v) is 7.52. The number of amides is 1. The number of hydrogen-bond donors (Lipinski definition) is 1. The number of ether oxygens (including phenoxy) is 1. The van der Waals surface area contributed by atoms with Crippen LogP contribution in [0.5, 0.6) is 0 Å². The fourth-order valence-corrected chi connectivity index (χ4v) is 2.90. The summed E-state index contributed by atoms with van der Waals surface area (Å²) in [4.78, 5) is 13.6. The number of hydrogen-bond acceptors (Lipinski definition) is 3. The van der Waals surface area contributed by atoms with E-state index in [4.69, 9.17) is 4.74 Å². The molecule has 0 radical (unpaired) electrons. The summed E-state index contributed by atoms with van der Waals surface area (Å²) in [5.41, 5.74) is 1.67. The zero-order valence-corrected chi connectivity index (χ0v) is 12.7. The molecule has 1 aromatic rings. The number of benzene rings is 1. The van der Waals surface area contributed by atoms with Crippen molar-refractivity contribution in [2.24, 2.45) is 0 Å². The van der Waals surface area contributed by atoms with E-state index in [0.717, 1.165) is 30.4 Å². The normalized spacial score (nSPS) is 23.0. The van der Waals surface area contributed by atoms with Crippen molar-refractivity contribution in [2.75, 3.05) is 0 Å². The third kappa shape index (κ3) is 2.95. The van der Waals surface area contributed by atoms with Gasteiger partial charge in [0.05, 0.1) is 0 Å². The summed E-state index contributed by atoms with van der Waals surface area (Å²) >= 11 is 0. The monoisotopic (exact) mass is 289 g/mol. The fraction of sp³-hybridized carbons (Fsp3) is 0.471. The van der Waals surface area contributed by atoms with Gasteiger partial charge >= 0.3 is 6.09 Å². The fourth-order valence-electron chi connectivity index (χ4n) is 2.90. The molecule has 2 rings (SSSR count). The first kappa shape index (κ1) is 15.6. The lowest BCUT2D eigenvalue weighted by Gasteiger charge is -2.28. The number of aliphatic hydroxyl groups excluding tert-OH is 1. The zero-order valence-electron chi connectivity index (χ0n) is 12.7. The van der Waals surface area contributed by atoms with Gasteiger partial charge in [0.1, 0.15) is 0 Å². The maximum absolute atomic E-state index is 12.2. The smallest absolute Gasteiger partial charge is 0.412 e. The van der Waals surface area contributed by atoms with Crippen molar-refractivity contribution in [3.8, 4) is 0 Å². The van der Waals surface area contributed by atoms with Gasteiger partial charge in [0.15, 0.2) is 12.3 Å². The highest BCUT2D eigenvalue weighted by molar-refractivity contribution is 5.71. The number of rotatable bonds is 6. The first-order valence-electron chi connectivity index (χ1n) is 7.52. The molecule has 1 aliphatic rings. The maximum Gasteiger partial charge on any atom is 0.412 e. The van der Waals surface area contributed by atoms with E-state index >= 15 is 0 Å². The van der Waals surface area contributed by atoms with Gasteiger partial charge in [-0.3, -0.25) is 4.90 Å². The molecule has 0 aliphatic carbocycles. The lowest BCUT2D eigenvalue weighted by atomic mass is 10.00. The van der Waals surface area contributed by atoms with Crippen LogP contribution in [0.15, 0.2) is 30.8 Å². The van der Waals surface area contributed by atoms with E-state index in [0.29, 0.717) is 0 Å². The van der Waals surface area contributed by atoms with Crippen LogP contribution in [0.25, 0.3) is 6.08 Å². The van der Waals surface area contributed by atoms with Gasteiger partial charge < -0.3 is 9.84 Å². The van der Waals surface area contributed by atoms with Crippen LogP contribution >= 0.6 is 0 Å². The Labute approximate surface area is 126 Å². The molecular weight excluding hydrogens is 266 g/mol. The molecule has 1 unspecified atom stereocenters. The molecular formula is C17H23NO3. The highest BCUT2D eigenvalue weighted by Gasteiger charge is 2.44. The van der Waals surface area contributed by atoms with Crippen LogP contribution in [0.4, 0.5) is 4.79 Å². The van der Waals surface area contributed by atoms with Crippen molar-refractivity contribution < 1.29 is 14.6 Å². The maximum atomic E-state index is 12.2. The Bertz CT molecular complexity index is 515. The molecule has 21 heavy (non-hydrogen) atoms. The van der Waals surface area contributed by atoms with E-state index in [9.17, 15) is 9.90 Å². The summed E-state index contributed by atoms with van der Waals surface area (Å²) in [6, 6.07) is 7.54. The van der Waals surface area contributed by atoms with Gasteiger partial charge in [-0.1, -0.05) is 57.2 Å². The van der Waals surface area contributed by atoms with E-state index in [1.807, 2.05) is 31.2 Å². The lowest BCUT2D eigenvalue weighted by molar-refractivity contribution is -0.00463. The van der Waals surface area contributed by atoms with Crippen molar-refractivity contribution >= 4 is 12.2 Å². The quantitative estimate of drug-likeness (QED) is 0.868. The number of carbonyl (C=O) groups is 1. The molecule has 1 amide bonds. The van der Waals surface area contributed by atoms with E-state index in [-0.39, 0.29) is 6.04 Å². The van der Waals surface area contributed by atoms with Crippen LogP contribution in [0, 0.1) is 0 Å². The number of cyclic esters (lactones) is 1. The van der Waals surface area contributed by atoms with E-state index in [2.05, 4.69) is 13.5 Å². The second-order valence-corrected chi connectivity index (χ2v) is 5.31. The molecule has 114 valence electrons. The standard InChI is InChI=1S/C17H23NO3/c1-4-9-13(6-3)18-16(19)15(21-17(18)20)14-11-8-7-10-12(14)5-2/h5,7-8,10-11,13,15-16,19H,2,4,6,9H2,1,3H3/t13?,15-,16+/m1/s1. The Kier molecular flexibility index (Phi) is 5.02. The van der Waals surface area contributed by atoms with Crippen molar-refractivity contribution in [2.45, 2.75) is 51.5 Å². The third-order valence-corrected chi connectivity index (χ3v) is 4.00. The molecule has 1 aliphatic heterocycles. The molecule has 0 spiro atoms. The number of carbonyl (C=O) groups excluding carboxylic acids is 1. The summed E-state index contributed by atoms with van der Waals surface area (Å²) in [5.74, 6) is 0. The molecule has 3 atom stereocenters. The molecule has 0 bridgehead atoms. The molecule has 0 aromatic heterocycles. The van der Waals surface area contributed by atoms with E-state index in [1.54, 1.807) is 6.08 Å². The minimum atomic E-state index is -0.949. The number of nitrogens with zero attached hydrogens (tertiary/aromatic N) is 1. The highest BCUT2D eigenvalue weighted by Crippen LogP contribution is 2.35. The summed E-state index contributed by atoms with van der Waals surface area (Å²) in [7, 11) is 0. The third-order valence-electron chi connectivity index (χ3n) is 4.00. The van der Waals surface area contributed by atoms with Crippen LogP contribution in [0.1, 0.15) is 50.3 Å². The summed E-state index contributed by atoms with van der Waals surface area (Å²) in [6.45, 7) is 7.86. The van der Waals surface area contributed by atoms with Gasteiger partial charge in [0.2, 0.25) is 0 Å². The number of aliphatic hydroxyl groups is 1. The summed E-state index contributed by atoms with van der Waals surface area (Å²) < 4.78 is 5.43. The highest BCUT2D eigenvalue weighted by atomic mass is 16.6. The molecule has 4 heteroatoms. The Balaban J connectivity index is 2.29. The first-order chi connectivity index (χ1) is 10.1. The second-order valence-electron chi connectivity index (χ2n) is 5.31. The minimum absolute atomic E-state index is 0.0124. The SMILES string of the molecule is C=Cc1ccccc1[C@H]1OC(=O)N(C(CC)CCC)[C@H]1O. The average Bonchev–Trinajstić information content (AvgIpc) is 2.80. The Hall–Kier alpha value is -1.81. The van der Waals surface area contributed by atoms with Gasteiger partial charge in [0, 0.05) is 11.6 Å². The molecule has 1 heterocycles. The van der Waals surface area contributed by atoms with Crippen molar-refractivity contribution in [3.63, 3.8) is 0 Å². The predicted octanol–water partition coefficient (Wildman–Crippen LogP) is 3.72. The average molecular weight is 289 g/mol. The molecule has 1 N–H and O–H groups in total. The zero-order chi connectivity index (χ0) is 15.4. The van der Waals surface area contributed by atoms with Gasteiger partial charge in [-0.2, -0.15) is 0 Å². The van der Waals surface area contributed by atoms with E-state index < -0.39 is 18.4 Å². The van der Waals surface area contributed by atoms with Gasteiger partial charge in [0.25, 0.3) is 0 Å². The molecule has 1 saturated heterocycles. The molecule has 4 nitrogen and oxygen atoms in total. The Morgan fingerprint density at radius 3 is 2.76 bits per heavy atom. The van der Waals surface area contributed by atoms with Gasteiger partial charge in [-0.25, -0.2) is 4.79 Å². The van der Waals surface area contributed by atoms with Crippen molar-refractivity contribution in [1.82, 2.24) is 4.90 Å². The second kappa shape index (κ2) is 6.76. The Morgan fingerprint density at radius 2 is 2.14 bits per heavy atom. The Morgan fingerprint density at radius 1 is 1.43 bits per heavy atom. The van der Waals surface area contributed by atoms with Crippen LogP contribution < -0.4 is 0 Å². The molecule has 0 saturated carbocycles. The predicted molar refractivity (Wildman–Crippen MR) is 82.6 cm³/mol. The largest absolute Gasteiger partial charge is 0.436 e. The van der Waals surface area contributed by atoms with E-state index in [1.165, 1.54) is 4.90 Å². The molecule has 1 aromatic carbocycles. The summed E-state index contributed by atoms with van der Waals surface area (Å²) in [6.07, 6.45) is 2.29. The van der Waals surface area contributed by atoms with Gasteiger partial charge in [-0.15, -0.1) is 0 Å². The van der Waals surface area contributed by atoms with Crippen molar-refractivity contribution in [1.29, 1.82) is 0 Å². The topological polar surface area (TPSA) is 49.8 Å². The lowest BCUT2D eigenvalue weighted by Crippen LogP contribution is -2.42. The minimum Gasteiger partial charge on any atom is -0.436 e. The van der Waals surface area contributed by atoms with Gasteiger partial charge in [-0.05, 0) is 18.4 Å². The van der Waals surface area contributed by atoms with Crippen molar-refractivity contribution in [3.05, 3.63) is 42.0 Å². The van der Waals surface area contributed by atoms with Crippen LogP contribution in [0.3, 0.4) is 0 Å². The molecule has 1 fully saturated rings. The summed E-state index contributed by atoms with van der Waals surface area (Å²) in [5, 5.41) is 10.6. The van der Waals surface area contributed by atoms with Crippen LogP contribution in [-0.2, 0) is 4.74 Å².